The molecule has 1 aromatic carbocycles. The quantitative estimate of drug-likeness (QED) is 0.816. The Labute approximate surface area is 121 Å². The van der Waals surface area contributed by atoms with E-state index in [1.165, 1.54) is 57.1 Å². The molecule has 0 atom stereocenters. The van der Waals surface area contributed by atoms with Crippen LogP contribution in [-0.4, -0.2) is 12.1 Å². The Balaban J connectivity index is 1.36. The van der Waals surface area contributed by atoms with Gasteiger partial charge in [0.25, 0.3) is 0 Å². The molecule has 0 saturated heterocycles. The van der Waals surface area contributed by atoms with Gasteiger partial charge in [0.15, 0.2) is 0 Å². The van der Waals surface area contributed by atoms with Crippen molar-refractivity contribution >= 4 is 5.69 Å². The summed E-state index contributed by atoms with van der Waals surface area (Å²) >= 11 is 0. The van der Waals surface area contributed by atoms with Crippen molar-refractivity contribution in [1.29, 1.82) is 0 Å². The molecule has 3 aliphatic rings. The zero-order valence-corrected chi connectivity index (χ0v) is 12.2. The highest BCUT2D eigenvalue weighted by Gasteiger charge is 2.41. The van der Waals surface area contributed by atoms with Crippen LogP contribution in [-0.2, 0) is 0 Å². The number of anilines is 1. The van der Waals surface area contributed by atoms with Gasteiger partial charge in [-0.2, -0.15) is 0 Å². The molecular formula is C18H25NO. The molecule has 20 heavy (non-hydrogen) atoms. The van der Waals surface area contributed by atoms with Crippen molar-refractivity contribution in [1.82, 2.24) is 0 Å². The predicted octanol–water partition coefficient (Wildman–Crippen LogP) is 4.61. The molecule has 0 spiro atoms. The molecule has 0 amide bonds. The molecule has 0 aliphatic heterocycles. The van der Waals surface area contributed by atoms with Gasteiger partial charge < -0.3 is 10.1 Å². The lowest BCUT2D eigenvalue weighted by atomic mass is 10.1. The van der Waals surface area contributed by atoms with Crippen molar-refractivity contribution in [2.24, 2.45) is 11.8 Å². The third kappa shape index (κ3) is 2.94. The maximum absolute atomic E-state index is 6.03. The Morgan fingerprint density at radius 3 is 2.00 bits per heavy atom. The zero-order valence-electron chi connectivity index (χ0n) is 12.2. The highest BCUT2D eigenvalue weighted by atomic mass is 16.5. The van der Waals surface area contributed by atoms with Gasteiger partial charge in [0, 0.05) is 11.7 Å². The molecule has 0 unspecified atom stereocenters. The summed E-state index contributed by atoms with van der Waals surface area (Å²) in [5, 5.41) is 3.77. The largest absolute Gasteiger partial charge is 0.490 e. The maximum Gasteiger partial charge on any atom is 0.119 e. The summed E-state index contributed by atoms with van der Waals surface area (Å²) < 4.78 is 6.03. The molecule has 2 heteroatoms. The second-order valence-electron chi connectivity index (χ2n) is 6.89. The van der Waals surface area contributed by atoms with Crippen LogP contribution in [0.5, 0.6) is 5.75 Å². The number of nitrogens with one attached hydrogen (secondary N) is 1. The van der Waals surface area contributed by atoms with Gasteiger partial charge in [0.1, 0.15) is 5.75 Å². The van der Waals surface area contributed by atoms with E-state index < -0.39 is 0 Å². The lowest BCUT2D eigenvalue weighted by Crippen LogP contribution is -2.24. The lowest BCUT2D eigenvalue weighted by molar-refractivity contribution is 0.210. The first-order valence-electron chi connectivity index (χ1n) is 8.42. The third-order valence-electron chi connectivity index (χ3n) is 5.05. The average molecular weight is 271 g/mol. The van der Waals surface area contributed by atoms with Gasteiger partial charge in [-0.1, -0.05) is 0 Å². The molecule has 0 aromatic heterocycles. The van der Waals surface area contributed by atoms with Gasteiger partial charge in [-0.25, -0.2) is 0 Å². The Morgan fingerprint density at radius 1 is 0.850 bits per heavy atom. The van der Waals surface area contributed by atoms with E-state index in [1.807, 2.05) is 0 Å². The van der Waals surface area contributed by atoms with Crippen LogP contribution in [0.15, 0.2) is 24.3 Å². The Bertz CT molecular complexity index is 429. The molecule has 0 radical (unpaired) electrons. The van der Waals surface area contributed by atoms with E-state index in [1.54, 1.807) is 0 Å². The normalized spacial score (nSPS) is 23.2. The zero-order chi connectivity index (χ0) is 13.4. The SMILES string of the molecule is c1cc(OC2CCCC2)ccc1NC(C1CC1)C1CC1. The van der Waals surface area contributed by atoms with E-state index in [-0.39, 0.29) is 0 Å². The fraction of sp³-hybridized carbons (Fsp3) is 0.667. The van der Waals surface area contributed by atoms with Gasteiger partial charge in [0.2, 0.25) is 0 Å². The number of benzene rings is 1. The number of ether oxygens (including phenoxy) is 1. The number of hydrogen-bond donors (Lipinski definition) is 1. The van der Waals surface area contributed by atoms with E-state index in [0.717, 1.165) is 23.6 Å². The Kier molecular flexibility index (Phi) is 3.33. The molecule has 0 bridgehead atoms. The van der Waals surface area contributed by atoms with Crippen molar-refractivity contribution in [2.75, 3.05) is 5.32 Å². The summed E-state index contributed by atoms with van der Waals surface area (Å²) in [5.74, 6) is 2.92. The maximum atomic E-state index is 6.03. The van der Waals surface area contributed by atoms with Crippen molar-refractivity contribution in [3.05, 3.63) is 24.3 Å². The molecular weight excluding hydrogens is 246 g/mol. The van der Waals surface area contributed by atoms with Crippen LogP contribution >= 0.6 is 0 Å². The van der Waals surface area contributed by atoms with Gasteiger partial charge >= 0.3 is 0 Å². The highest BCUT2D eigenvalue weighted by Crippen LogP contribution is 2.45. The second-order valence-corrected chi connectivity index (χ2v) is 6.89. The van der Waals surface area contributed by atoms with E-state index in [2.05, 4.69) is 29.6 Å². The summed E-state index contributed by atoms with van der Waals surface area (Å²) in [4.78, 5) is 0. The summed E-state index contributed by atoms with van der Waals surface area (Å²) in [7, 11) is 0. The highest BCUT2D eigenvalue weighted by molar-refractivity contribution is 5.47. The summed E-state index contributed by atoms with van der Waals surface area (Å²) in [6.07, 6.45) is 11.3. The number of rotatable bonds is 6. The minimum absolute atomic E-state index is 0.458. The van der Waals surface area contributed by atoms with Crippen LogP contribution in [0.3, 0.4) is 0 Å². The van der Waals surface area contributed by atoms with E-state index in [4.69, 9.17) is 4.74 Å². The van der Waals surface area contributed by atoms with Crippen molar-refractivity contribution < 1.29 is 4.74 Å². The summed E-state index contributed by atoms with van der Waals surface area (Å²) in [6.45, 7) is 0. The van der Waals surface area contributed by atoms with E-state index in [0.29, 0.717) is 6.10 Å². The second kappa shape index (κ2) is 5.31. The fourth-order valence-corrected chi connectivity index (χ4v) is 3.55. The first-order chi connectivity index (χ1) is 9.88. The van der Waals surface area contributed by atoms with Crippen LogP contribution in [0.25, 0.3) is 0 Å². The molecule has 0 heterocycles. The minimum Gasteiger partial charge on any atom is -0.490 e. The molecule has 3 aliphatic carbocycles. The van der Waals surface area contributed by atoms with Crippen molar-refractivity contribution in [3.8, 4) is 5.75 Å². The standard InChI is InChI=1S/C18H25NO/c1-2-4-16(3-1)20-17-11-9-15(10-12-17)19-18(13-5-6-13)14-7-8-14/h9-14,16,18-19H,1-8H2. The van der Waals surface area contributed by atoms with Gasteiger partial charge in [-0.15, -0.1) is 0 Å². The van der Waals surface area contributed by atoms with Crippen LogP contribution in [0.2, 0.25) is 0 Å². The molecule has 3 fully saturated rings. The first-order valence-corrected chi connectivity index (χ1v) is 8.42. The monoisotopic (exact) mass is 271 g/mol. The topological polar surface area (TPSA) is 21.3 Å². The minimum atomic E-state index is 0.458. The van der Waals surface area contributed by atoms with Crippen LogP contribution in [0.1, 0.15) is 51.4 Å². The molecule has 108 valence electrons. The van der Waals surface area contributed by atoms with Crippen molar-refractivity contribution in [2.45, 2.75) is 63.5 Å². The van der Waals surface area contributed by atoms with E-state index >= 15 is 0 Å². The van der Waals surface area contributed by atoms with Crippen molar-refractivity contribution in [3.63, 3.8) is 0 Å². The molecule has 1 N–H and O–H groups in total. The molecule has 3 saturated carbocycles. The fourth-order valence-electron chi connectivity index (χ4n) is 3.55. The van der Waals surface area contributed by atoms with E-state index in [9.17, 15) is 0 Å². The summed E-state index contributed by atoms with van der Waals surface area (Å²) in [6, 6.07) is 9.40. The Morgan fingerprint density at radius 2 is 1.45 bits per heavy atom. The van der Waals surface area contributed by atoms with Gasteiger partial charge in [-0.3, -0.25) is 0 Å². The smallest absolute Gasteiger partial charge is 0.119 e. The lowest BCUT2D eigenvalue weighted by Gasteiger charge is -2.19. The molecule has 2 nitrogen and oxygen atoms in total. The molecule has 4 rings (SSSR count). The summed E-state index contributed by atoms with van der Waals surface area (Å²) in [5.41, 5.74) is 1.27. The first kappa shape index (κ1) is 12.6. The molecule has 1 aromatic rings. The average Bonchev–Trinajstić information content (AvgIpc) is 3.39. The van der Waals surface area contributed by atoms with Gasteiger partial charge in [0.05, 0.1) is 6.10 Å². The van der Waals surface area contributed by atoms with Gasteiger partial charge in [-0.05, 0) is 87.5 Å². The Hall–Kier alpha value is -1.18. The third-order valence-corrected chi connectivity index (χ3v) is 5.05. The predicted molar refractivity (Wildman–Crippen MR) is 82.2 cm³/mol. The van der Waals surface area contributed by atoms with Crippen LogP contribution in [0.4, 0.5) is 5.69 Å². The van der Waals surface area contributed by atoms with Crippen LogP contribution < -0.4 is 10.1 Å². The van der Waals surface area contributed by atoms with Crippen LogP contribution in [0, 0.1) is 11.8 Å². The number of hydrogen-bond acceptors (Lipinski definition) is 2.